The Kier molecular flexibility index (Phi) is 5.14. The molecule has 0 unspecified atom stereocenters. The Morgan fingerprint density at radius 2 is 1.75 bits per heavy atom. The van der Waals surface area contributed by atoms with Gasteiger partial charge in [0, 0.05) is 16.3 Å². The predicted octanol–water partition coefficient (Wildman–Crippen LogP) is 3.76. The number of nitrogens with two attached hydrogens (primary N) is 1. The standard InChI is InChI=1S/C20H19ClN2O/c1-14(18-8-4-6-15-5-2-3-7-19(15)18)22-13-20(24)23-17-11-9-16(21)10-12-17/h2-12,14,22H,13H2,1H3,(H,23,24)/p+1/t14-/m1/s1. The minimum Gasteiger partial charge on any atom is -0.332 e. The van der Waals surface area contributed by atoms with Crippen LogP contribution in [-0.2, 0) is 4.79 Å². The first kappa shape index (κ1) is 16.5. The molecule has 0 saturated carbocycles. The normalized spacial score (nSPS) is 12.1. The summed E-state index contributed by atoms with van der Waals surface area (Å²) in [5.74, 6) is -0.0237. The Morgan fingerprint density at radius 3 is 2.54 bits per heavy atom. The lowest BCUT2D eigenvalue weighted by Crippen LogP contribution is -2.86. The Balaban J connectivity index is 1.63. The largest absolute Gasteiger partial charge is 0.332 e. The number of benzene rings is 3. The molecule has 0 saturated heterocycles. The van der Waals surface area contributed by atoms with Crippen molar-refractivity contribution in [3.8, 4) is 0 Å². The number of rotatable bonds is 5. The molecule has 0 aliphatic carbocycles. The molecular weight excluding hydrogens is 320 g/mol. The molecule has 3 aromatic carbocycles. The molecule has 3 aromatic rings. The van der Waals surface area contributed by atoms with Gasteiger partial charge in [-0.25, -0.2) is 0 Å². The highest BCUT2D eigenvalue weighted by Gasteiger charge is 2.14. The third-order valence-corrected chi connectivity index (χ3v) is 4.35. The zero-order valence-corrected chi connectivity index (χ0v) is 14.3. The van der Waals surface area contributed by atoms with Crippen LogP contribution in [0.3, 0.4) is 0 Å². The van der Waals surface area contributed by atoms with Crippen molar-refractivity contribution in [2.45, 2.75) is 13.0 Å². The van der Waals surface area contributed by atoms with Crippen molar-refractivity contribution in [1.29, 1.82) is 0 Å². The molecular formula is C20H20ClN2O+. The summed E-state index contributed by atoms with van der Waals surface area (Å²) >= 11 is 5.85. The summed E-state index contributed by atoms with van der Waals surface area (Å²) in [6.07, 6.45) is 0. The first-order valence-corrected chi connectivity index (χ1v) is 8.37. The average molecular weight is 340 g/mol. The van der Waals surface area contributed by atoms with E-state index in [9.17, 15) is 4.79 Å². The van der Waals surface area contributed by atoms with Crippen molar-refractivity contribution in [2.75, 3.05) is 11.9 Å². The van der Waals surface area contributed by atoms with Crippen molar-refractivity contribution in [3.05, 3.63) is 77.3 Å². The van der Waals surface area contributed by atoms with Crippen LogP contribution in [-0.4, -0.2) is 12.5 Å². The molecule has 0 aliphatic rings. The van der Waals surface area contributed by atoms with Gasteiger partial charge in [-0.1, -0.05) is 54.1 Å². The molecule has 3 nitrogen and oxygen atoms in total. The van der Waals surface area contributed by atoms with Gasteiger partial charge in [0.15, 0.2) is 6.54 Å². The molecule has 0 spiro atoms. The number of carbonyl (C=O) groups is 1. The van der Waals surface area contributed by atoms with Gasteiger partial charge in [-0.15, -0.1) is 0 Å². The van der Waals surface area contributed by atoms with E-state index in [-0.39, 0.29) is 11.9 Å². The van der Waals surface area contributed by atoms with Crippen LogP contribution in [0.25, 0.3) is 10.8 Å². The van der Waals surface area contributed by atoms with E-state index in [0.717, 1.165) is 5.69 Å². The van der Waals surface area contributed by atoms with Crippen LogP contribution in [0, 0.1) is 0 Å². The van der Waals surface area contributed by atoms with E-state index >= 15 is 0 Å². The number of hydrogen-bond donors (Lipinski definition) is 2. The van der Waals surface area contributed by atoms with Crippen LogP contribution in [0.4, 0.5) is 5.69 Å². The molecule has 122 valence electrons. The Labute approximate surface area is 146 Å². The van der Waals surface area contributed by atoms with Crippen LogP contribution in [0.5, 0.6) is 0 Å². The summed E-state index contributed by atoms with van der Waals surface area (Å²) in [6, 6.07) is 22.0. The number of hydrogen-bond acceptors (Lipinski definition) is 1. The molecule has 3 N–H and O–H groups in total. The number of amides is 1. The SMILES string of the molecule is C[C@@H]([NH2+]CC(=O)Nc1ccc(Cl)cc1)c1cccc2ccccc12. The zero-order chi connectivity index (χ0) is 16.9. The van der Waals surface area contributed by atoms with Gasteiger partial charge in [-0.3, -0.25) is 4.79 Å². The maximum Gasteiger partial charge on any atom is 0.279 e. The summed E-state index contributed by atoms with van der Waals surface area (Å²) in [4.78, 5) is 12.1. The third kappa shape index (κ3) is 3.94. The highest BCUT2D eigenvalue weighted by atomic mass is 35.5. The smallest absolute Gasteiger partial charge is 0.279 e. The van der Waals surface area contributed by atoms with Crippen LogP contribution < -0.4 is 10.6 Å². The monoisotopic (exact) mass is 339 g/mol. The lowest BCUT2D eigenvalue weighted by atomic mass is 10.00. The first-order valence-electron chi connectivity index (χ1n) is 8.00. The Morgan fingerprint density at radius 1 is 1.04 bits per heavy atom. The van der Waals surface area contributed by atoms with E-state index in [1.165, 1.54) is 16.3 Å². The van der Waals surface area contributed by atoms with Gasteiger partial charge in [0.2, 0.25) is 0 Å². The van der Waals surface area contributed by atoms with Crippen LogP contribution >= 0.6 is 11.6 Å². The highest BCUT2D eigenvalue weighted by molar-refractivity contribution is 6.30. The number of halogens is 1. The molecule has 1 atom stereocenters. The minimum atomic E-state index is -0.0237. The first-order chi connectivity index (χ1) is 11.6. The van der Waals surface area contributed by atoms with Crippen molar-refractivity contribution < 1.29 is 10.1 Å². The molecule has 3 rings (SSSR count). The summed E-state index contributed by atoms with van der Waals surface area (Å²) < 4.78 is 0. The molecule has 0 bridgehead atoms. The molecule has 0 aromatic heterocycles. The molecule has 1 amide bonds. The summed E-state index contributed by atoms with van der Waals surface area (Å²) in [7, 11) is 0. The number of fused-ring (bicyclic) bond motifs is 1. The fourth-order valence-corrected chi connectivity index (χ4v) is 2.93. The van der Waals surface area contributed by atoms with E-state index < -0.39 is 0 Å². The summed E-state index contributed by atoms with van der Waals surface area (Å²) in [6.45, 7) is 2.49. The van der Waals surface area contributed by atoms with E-state index in [1.54, 1.807) is 24.3 Å². The highest BCUT2D eigenvalue weighted by Crippen LogP contribution is 2.22. The number of nitrogens with one attached hydrogen (secondary N) is 1. The van der Waals surface area contributed by atoms with Gasteiger partial charge in [0.05, 0.1) is 0 Å². The number of anilines is 1. The van der Waals surface area contributed by atoms with Crippen molar-refractivity contribution in [3.63, 3.8) is 0 Å². The molecule has 0 heterocycles. The van der Waals surface area contributed by atoms with Crippen molar-refractivity contribution >= 4 is 34.0 Å². The van der Waals surface area contributed by atoms with Gasteiger partial charge in [0.25, 0.3) is 5.91 Å². The molecule has 4 heteroatoms. The van der Waals surface area contributed by atoms with Gasteiger partial charge < -0.3 is 10.6 Å². The molecule has 24 heavy (non-hydrogen) atoms. The zero-order valence-electron chi connectivity index (χ0n) is 13.5. The van der Waals surface area contributed by atoms with Gasteiger partial charge in [-0.05, 0) is 42.0 Å². The topological polar surface area (TPSA) is 45.7 Å². The second kappa shape index (κ2) is 7.47. The fraction of sp³-hybridized carbons (Fsp3) is 0.150. The molecule has 0 aliphatic heterocycles. The Bertz CT molecular complexity index is 840. The second-order valence-corrected chi connectivity index (χ2v) is 6.29. The van der Waals surface area contributed by atoms with E-state index in [1.807, 2.05) is 17.4 Å². The minimum absolute atomic E-state index is 0.0237. The van der Waals surface area contributed by atoms with E-state index in [2.05, 4.69) is 42.6 Å². The maximum absolute atomic E-state index is 12.1. The average Bonchev–Trinajstić information content (AvgIpc) is 2.61. The fourth-order valence-electron chi connectivity index (χ4n) is 2.80. The van der Waals surface area contributed by atoms with Crippen molar-refractivity contribution in [2.24, 2.45) is 0 Å². The number of quaternary nitrogens is 1. The lowest BCUT2D eigenvalue weighted by Gasteiger charge is -2.13. The predicted molar refractivity (Wildman–Crippen MR) is 99.2 cm³/mol. The van der Waals surface area contributed by atoms with E-state index in [4.69, 9.17) is 11.6 Å². The quantitative estimate of drug-likeness (QED) is 0.730. The third-order valence-electron chi connectivity index (χ3n) is 4.10. The van der Waals surface area contributed by atoms with Gasteiger partial charge in [-0.2, -0.15) is 0 Å². The summed E-state index contributed by atoms with van der Waals surface area (Å²) in [5, 5.41) is 8.05. The van der Waals surface area contributed by atoms with Crippen LogP contribution in [0.15, 0.2) is 66.7 Å². The number of carbonyl (C=O) groups excluding carboxylic acids is 1. The molecule has 0 radical (unpaired) electrons. The lowest BCUT2D eigenvalue weighted by molar-refractivity contribution is -0.682. The maximum atomic E-state index is 12.1. The van der Waals surface area contributed by atoms with Gasteiger partial charge >= 0.3 is 0 Å². The van der Waals surface area contributed by atoms with Crippen LogP contribution in [0.2, 0.25) is 5.02 Å². The van der Waals surface area contributed by atoms with Gasteiger partial charge in [0.1, 0.15) is 6.04 Å². The van der Waals surface area contributed by atoms with Crippen LogP contribution in [0.1, 0.15) is 18.5 Å². The van der Waals surface area contributed by atoms with E-state index in [0.29, 0.717) is 11.6 Å². The summed E-state index contributed by atoms with van der Waals surface area (Å²) in [5.41, 5.74) is 2.00. The second-order valence-electron chi connectivity index (χ2n) is 5.85. The molecule has 0 fully saturated rings. The Hall–Kier alpha value is -2.36. The van der Waals surface area contributed by atoms with Crippen molar-refractivity contribution in [1.82, 2.24) is 0 Å².